The number of aromatic nitrogens is 2. The van der Waals surface area contributed by atoms with Crippen molar-refractivity contribution in [3.63, 3.8) is 0 Å². The predicted octanol–water partition coefficient (Wildman–Crippen LogP) is 2.53. The largest absolute Gasteiger partial charge is 0.322 e. The van der Waals surface area contributed by atoms with E-state index in [1.54, 1.807) is 54.7 Å². The minimum Gasteiger partial charge on any atom is -0.322 e. The van der Waals surface area contributed by atoms with Crippen LogP contribution in [0.2, 0.25) is 0 Å². The summed E-state index contributed by atoms with van der Waals surface area (Å²) in [5.41, 5.74) is 1.62. The molecule has 3 heterocycles. The van der Waals surface area contributed by atoms with Crippen molar-refractivity contribution in [2.75, 3.05) is 10.2 Å². The number of carbonyl (C=O) groups is 3. The quantitative estimate of drug-likeness (QED) is 0.737. The Hall–Kier alpha value is -3.87. The van der Waals surface area contributed by atoms with E-state index in [4.69, 9.17) is 0 Å². The second-order valence-electron chi connectivity index (χ2n) is 5.59. The van der Waals surface area contributed by atoms with E-state index >= 15 is 0 Å². The van der Waals surface area contributed by atoms with Crippen molar-refractivity contribution < 1.29 is 14.4 Å². The fraction of sp³-hybridized carbons (Fsp3) is 0. The Morgan fingerprint density at radius 3 is 2.58 bits per heavy atom. The van der Waals surface area contributed by atoms with E-state index in [0.717, 1.165) is 4.90 Å². The summed E-state index contributed by atoms with van der Waals surface area (Å²) in [6.07, 6.45) is 4.50. The number of hydrogen-bond donors (Lipinski definition) is 1. The Morgan fingerprint density at radius 1 is 0.962 bits per heavy atom. The molecule has 126 valence electrons. The number of anilines is 2. The molecule has 0 fully saturated rings. The fourth-order valence-electron chi connectivity index (χ4n) is 2.72. The van der Waals surface area contributed by atoms with Gasteiger partial charge in [0.05, 0.1) is 16.8 Å². The first kappa shape index (κ1) is 15.6. The van der Waals surface area contributed by atoms with E-state index in [1.165, 1.54) is 12.4 Å². The average Bonchev–Trinajstić information content (AvgIpc) is 2.94. The third-order valence-electron chi connectivity index (χ3n) is 3.93. The van der Waals surface area contributed by atoms with Gasteiger partial charge in [-0.1, -0.05) is 6.07 Å². The Bertz CT molecular complexity index is 999. The number of pyridine rings is 2. The second kappa shape index (κ2) is 6.21. The van der Waals surface area contributed by atoms with Crippen LogP contribution in [0.4, 0.5) is 11.4 Å². The Labute approximate surface area is 148 Å². The molecular weight excluding hydrogens is 332 g/mol. The van der Waals surface area contributed by atoms with Crippen molar-refractivity contribution in [1.82, 2.24) is 9.97 Å². The smallest absolute Gasteiger partial charge is 0.284 e. The third-order valence-corrected chi connectivity index (χ3v) is 3.93. The molecule has 7 heteroatoms. The predicted molar refractivity (Wildman–Crippen MR) is 94.0 cm³/mol. The van der Waals surface area contributed by atoms with Crippen molar-refractivity contribution in [1.29, 1.82) is 0 Å². The van der Waals surface area contributed by atoms with Crippen LogP contribution >= 0.6 is 0 Å². The number of hydrogen-bond acceptors (Lipinski definition) is 5. The molecule has 3 aromatic rings. The van der Waals surface area contributed by atoms with E-state index < -0.39 is 11.8 Å². The summed E-state index contributed by atoms with van der Waals surface area (Å²) in [6, 6.07) is 13.0. The first-order valence-corrected chi connectivity index (χ1v) is 7.80. The summed E-state index contributed by atoms with van der Waals surface area (Å²) in [5.74, 6) is -1.26. The van der Waals surface area contributed by atoms with Gasteiger partial charge in [0, 0.05) is 24.3 Å². The highest BCUT2D eigenvalue weighted by Gasteiger charge is 2.37. The lowest BCUT2D eigenvalue weighted by atomic mass is 10.2. The zero-order valence-electron chi connectivity index (χ0n) is 13.4. The Morgan fingerprint density at radius 2 is 1.81 bits per heavy atom. The van der Waals surface area contributed by atoms with Crippen molar-refractivity contribution >= 4 is 29.1 Å². The van der Waals surface area contributed by atoms with Gasteiger partial charge in [-0.15, -0.1) is 0 Å². The molecule has 7 nitrogen and oxygen atoms in total. The second-order valence-corrected chi connectivity index (χ2v) is 5.59. The van der Waals surface area contributed by atoms with Gasteiger partial charge in [-0.05, 0) is 42.5 Å². The molecule has 0 radical (unpaired) electrons. The van der Waals surface area contributed by atoms with Crippen LogP contribution in [0.15, 0.2) is 67.1 Å². The lowest BCUT2D eigenvalue weighted by Crippen LogP contribution is -2.29. The third kappa shape index (κ3) is 2.61. The lowest BCUT2D eigenvalue weighted by molar-refractivity contribution is 0.0923. The summed E-state index contributed by atoms with van der Waals surface area (Å²) in [6.45, 7) is 0. The monoisotopic (exact) mass is 344 g/mol. The van der Waals surface area contributed by atoms with E-state index in [-0.39, 0.29) is 17.2 Å². The van der Waals surface area contributed by atoms with Crippen molar-refractivity contribution in [2.45, 2.75) is 0 Å². The van der Waals surface area contributed by atoms with E-state index in [2.05, 4.69) is 15.3 Å². The molecule has 0 saturated heterocycles. The normalized spacial score (nSPS) is 12.8. The maximum absolute atomic E-state index is 12.5. The van der Waals surface area contributed by atoms with Crippen molar-refractivity contribution in [2.24, 2.45) is 0 Å². The van der Waals surface area contributed by atoms with Crippen LogP contribution in [0.25, 0.3) is 0 Å². The van der Waals surface area contributed by atoms with Gasteiger partial charge in [0.2, 0.25) is 0 Å². The summed E-state index contributed by atoms with van der Waals surface area (Å²) < 4.78 is 0. The standard InChI is InChI=1S/C19H12N4O3/c24-17(12-4-2-8-20-11-12)22-13-5-1-6-14(10-13)23-18(25)15-7-3-9-21-16(15)19(23)26/h1-11H,(H,22,24). The molecule has 26 heavy (non-hydrogen) atoms. The van der Waals surface area contributed by atoms with Gasteiger partial charge >= 0.3 is 0 Å². The molecule has 0 unspecified atom stereocenters. The molecule has 0 spiro atoms. The number of nitrogens with zero attached hydrogens (tertiary/aromatic N) is 3. The van der Waals surface area contributed by atoms with Gasteiger partial charge in [0.1, 0.15) is 5.69 Å². The number of benzene rings is 1. The lowest BCUT2D eigenvalue weighted by Gasteiger charge is -2.15. The molecule has 1 aliphatic heterocycles. The average molecular weight is 344 g/mol. The Kier molecular flexibility index (Phi) is 3.74. The van der Waals surface area contributed by atoms with Gasteiger partial charge in [-0.25, -0.2) is 4.90 Å². The number of imide groups is 1. The first-order valence-electron chi connectivity index (χ1n) is 7.80. The van der Waals surface area contributed by atoms with Crippen molar-refractivity contribution in [3.05, 3.63) is 83.9 Å². The molecule has 4 rings (SSSR count). The van der Waals surface area contributed by atoms with Crippen LogP contribution in [0.5, 0.6) is 0 Å². The van der Waals surface area contributed by atoms with E-state index in [9.17, 15) is 14.4 Å². The van der Waals surface area contributed by atoms with E-state index in [0.29, 0.717) is 16.9 Å². The molecule has 0 bridgehead atoms. The molecule has 1 N–H and O–H groups in total. The van der Waals surface area contributed by atoms with Crippen LogP contribution in [0, 0.1) is 0 Å². The zero-order valence-corrected chi connectivity index (χ0v) is 13.4. The minimum atomic E-state index is -0.485. The maximum Gasteiger partial charge on any atom is 0.284 e. The topological polar surface area (TPSA) is 92.3 Å². The summed E-state index contributed by atoms with van der Waals surface area (Å²) in [4.78, 5) is 46.2. The highest BCUT2D eigenvalue weighted by molar-refractivity contribution is 6.33. The summed E-state index contributed by atoms with van der Waals surface area (Å²) in [5, 5.41) is 2.73. The molecule has 0 atom stereocenters. The molecule has 1 aliphatic rings. The molecule has 0 aliphatic carbocycles. The molecule has 1 aromatic carbocycles. The fourth-order valence-corrected chi connectivity index (χ4v) is 2.72. The highest BCUT2D eigenvalue weighted by Crippen LogP contribution is 2.28. The molecule has 3 amide bonds. The Balaban J connectivity index is 1.62. The van der Waals surface area contributed by atoms with Crippen LogP contribution in [0.1, 0.15) is 31.2 Å². The minimum absolute atomic E-state index is 0.127. The van der Waals surface area contributed by atoms with Gasteiger partial charge in [0.15, 0.2) is 0 Å². The first-order chi connectivity index (χ1) is 12.6. The van der Waals surface area contributed by atoms with Crippen LogP contribution in [-0.2, 0) is 0 Å². The number of nitrogens with one attached hydrogen (secondary N) is 1. The number of carbonyl (C=O) groups excluding carboxylic acids is 3. The van der Waals surface area contributed by atoms with Crippen LogP contribution in [0.3, 0.4) is 0 Å². The van der Waals surface area contributed by atoms with Gasteiger partial charge in [-0.3, -0.25) is 24.4 Å². The van der Waals surface area contributed by atoms with Crippen LogP contribution in [-0.4, -0.2) is 27.7 Å². The molecular formula is C19H12N4O3. The van der Waals surface area contributed by atoms with Gasteiger partial charge in [0.25, 0.3) is 17.7 Å². The number of amides is 3. The van der Waals surface area contributed by atoms with Crippen LogP contribution < -0.4 is 10.2 Å². The SMILES string of the molecule is O=C(Nc1cccc(N2C(=O)c3cccnc3C2=O)c1)c1cccnc1. The van der Waals surface area contributed by atoms with E-state index in [1.807, 2.05) is 0 Å². The number of fused-ring (bicyclic) bond motifs is 1. The summed E-state index contributed by atoms with van der Waals surface area (Å²) >= 11 is 0. The zero-order chi connectivity index (χ0) is 18.1. The van der Waals surface area contributed by atoms with Gasteiger partial charge < -0.3 is 5.32 Å². The van der Waals surface area contributed by atoms with Crippen molar-refractivity contribution in [3.8, 4) is 0 Å². The molecule has 2 aromatic heterocycles. The maximum atomic E-state index is 12.5. The molecule has 0 saturated carbocycles. The number of rotatable bonds is 3. The highest BCUT2D eigenvalue weighted by atomic mass is 16.2. The summed E-state index contributed by atoms with van der Waals surface area (Å²) in [7, 11) is 0. The van der Waals surface area contributed by atoms with Gasteiger partial charge in [-0.2, -0.15) is 0 Å².